The first-order chi connectivity index (χ1) is 5.83. The summed E-state index contributed by atoms with van der Waals surface area (Å²) in [7, 11) is 1.94. The van der Waals surface area contributed by atoms with E-state index in [1.165, 1.54) is 12.8 Å². The first-order valence-corrected chi connectivity index (χ1v) is 4.81. The molecule has 1 fully saturated rings. The van der Waals surface area contributed by atoms with E-state index in [4.69, 9.17) is 10.5 Å². The van der Waals surface area contributed by atoms with Gasteiger partial charge in [-0.25, -0.2) is 0 Å². The lowest BCUT2D eigenvalue weighted by Gasteiger charge is -2.24. The number of hydrogen-bond acceptors (Lipinski definition) is 3. The van der Waals surface area contributed by atoms with Crippen LogP contribution in [-0.2, 0) is 4.74 Å². The molecule has 1 heterocycles. The molecule has 1 aliphatic heterocycles. The van der Waals surface area contributed by atoms with Crippen LogP contribution in [0.3, 0.4) is 0 Å². The Labute approximate surface area is 74.7 Å². The Kier molecular flexibility index (Phi) is 4.58. The second kappa shape index (κ2) is 5.51. The molecule has 0 bridgehead atoms. The third-order valence-electron chi connectivity index (χ3n) is 2.36. The van der Waals surface area contributed by atoms with Crippen molar-refractivity contribution in [3.05, 3.63) is 0 Å². The molecule has 1 saturated heterocycles. The predicted octanol–water partition coefficient (Wildman–Crippen LogP) is 0.350. The standard InChI is InChI=1S/C9H20N2O/c1-11-6-9(10)5-8-3-2-4-12-7-8/h8-9,11H,2-7,10H2,1H3/t8-,9+/m1/s1. The van der Waals surface area contributed by atoms with Gasteiger partial charge in [-0.05, 0) is 32.2 Å². The van der Waals surface area contributed by atoms with Crippen LogP contribution in [0.5, 0.6) is 0 Å². The number of ether oxygens (including phenoxy) is 1. The Balaban J connectivity index is 2.11. The maximum absolute atomic E-state index is 5.90. The number of nitrogens with two attached hydrogens (primary N) is 1. The van der Waals surface area contributed by atoms with E-state index in [9.17, 15) is 0 Å². The molecule has 0 amide bonds. The van der Waals surface area contributed by atoms with Crippen molar-refractivity contribution >= 4 is 0 Å². The first-order valence-electron chi connectivity index (χ1n) is 4.81. The van der Waals surface area contributed by atoms with Gasteiger partial charge in [-0.1, -0.05) is 0 Å². The summed E-state index contributed by atoms with van der Waals surface area (Å²) >= 11 is 0. The summed E-state index contributed by atoms with van der Waals surface area (Å²) in [6.45, 7) is 2.77. The van der Waals surface area contributed by atoms with Gasteiger partial charge in [-0.3, -0.25) is 0 Å². The topological polar surface area (TPSA) is 47.3 Å². The van der Waals surface area contributed by atoms with Crippen LogP contribution in [0.15, 0.2) is 0 Å². The van der Waals surface area contributed by atoms with Gasteiger partial charge in [-0.15, -0.1) is 0 Å². The number of likely N-dealkylation sites (N-methyl/N-ethyl adjacent to an activating group) is 1. The predicted molar refractivity (Wildman–Crippen MR) is 50.1 cm³/mol. The van der Waals surface area contributed by atoms with Crippen LogP contribution in [0.2, 0.25) is 0 Å². The van der Waals surface area contributed by atoms with Gasteiger partial charge in [0, 0.05) is 25.8 Å². The van der Waals surface area contributed by atoms with E-state index >= 15 is 0 Å². The molecule has 0 unspecified atom stereocenters. The highest BCUT2D eigenvalue weighted by atomic mass is 16.5. The first kappa shape index (κ1) is 9.96. The molecule has 0 aromatic heterocycles. The molecule has 3 heteroatoms. The Hall–Kier alpha value is -0.120. The molecular weight excluding hydrogens is 152 g/mol. The molecule has 0 aromatic carbocycles. The Bertz CT molecular complexity index is 113. The number of nitrogens with one attached hydrogen (secondary N) is 1. The van der Waals surface area contributed by atoms with Crippen molar-refractivity contribution in [1.82, 2.24) is 5.32 Å². The van der Waals surface area contributed by atoms with Gasteiger partial charge in [0.1, 0.15) is 0 Å². The van der Waals surface area contributed by atoms with E-state index in [0.717, 1.165) is 26.2 Å². The van der Waals surface area contributed by atoms with Crippen LogP contribution in [0, 0.1) is 5.92 Å². The Morgan fingerprint density at radius 1 is 1.67 bits per heavy atom. The van der Waals surface area contributed by atoms with Crippen molar-refractivity contribution in [2.45, 2.75) is 25.3 Å². The smallest absolute Gasteiger partial charge is 0.0494 e. The molecule has 0 spiro atoms. The Morgan fingerprint density at radius 2 is 2.50 bits per heavy atom. The fourth-order valence-corrected chi connectivity index (χ4v) is 1.77. The van der Waals surface area contributed by atoms with Crippen molar-refractivity contribution in [3.63, 3.8) is 0 Å². The highest BCUT2D eigenvalue weighted by Gasteiger charge is 2.16. The normalized spacial score (nSPS) is 27.0. The number of hydrogen-bond donors (Lipinski definition) is 2. The van der Waals surface area contributed by atoms with Gasteiger partial charge in [0.25, 0.3) is 0 Å². The molecule has 72 valence electrons. The average Bonchev–Trinajstić information content (AvgIpc) is 2.06. The lowest BCUT2D eigenvalue weighted by atomic mass is 9.95. The van der Waals surface area contributed by atoms with Crippen LogP contribution >= 0.6 is 0 Å². The lowest BCUT2D eigenvalue weighted by molar-refractivity contribution is 0.0492. The third kappa shape index (κ3) is 3.52. The van der Waals surface area contributed by atoms with Crippen molar-refractivity contribution in [1.29, 1.82) is 0 Å². The zero-order chi connectivity index (χ0) is 8.81. The summed E-state index contributed by atoms with van der Waals surface area (Å²) in [5.74, 6) is 0.696. The summed E-state index contributed by atoms with van der Waals surface area (Å²) in [4.78, 5) is 0. The quantitative estimate of drug-likeness (QED) is 0.643. The lowest BCUT2D eigenvalue weighted by Crippen LogP contribution is -2.35. The summed E-state index contributed by atoms with van der Waals surface area (Å²) in [6, 6.07) is 0.293. The second-order valence-electron chi connectivity index (χ2n) is 3.64. The zero-order valence-corrected chi connectivity index (χ0v) is 7.88. The van der Waals surface area contributed by atoms with Gasteiger partial charge in [0.15, 0.2) is 0 Å². The zero-order valence-electron chi connectivity index (χ0n) is 7.88. The molecule has 0 aromatic rings. The Morgan fingerprint density at radius 3 is 3.08 bits per heavy atom. The third-order valence-corrected chi connectivity index (χ3v) is 2.36. The van der Waals surface area contributed by atoms with Crippen molar-refractivity contribution in [3.8, 4) is 0 Å². The van der Waals surface area contributed by atoms with Crippen LogP contribution in [-0.4, -0.2) is 32.8 Å². The fourth-order valence-electron chi connectivity index (χ4n) is 1.77. The summed E-state index contributed by atoms with van der Waals surface area (Å²) in [5.41, 5.74) is 5.90. The molecule has 3 nitrogen and oxygen atoms in total. The van der Waals surface area contributed by atoms with Crippen LogP contribution < -0.4 is 11.1 Å². The minimum absolute atomic E-state index is 0.293. The molecule has 1 aliphatic rings. The second-order valence-corrected chi connectivity index (χ2v) is 3.64. The van der Waals surface area contributed by atoms with E-state index in [2.05, 4.69) is 5.32 Å². The average molecular weight is 172 g/mol. The van der Waals surface area contributed by atoms with Crippen molar-refractivity contribution in [2.75, 3.05) is 26.8 Å². The van der Waals surface area contributed by atoms with E-state index in [0.29, 0.717) is 12.0 Å². The molecule has 2 atom stereocenters. The van der Waals surface area contributed by atoms with Gasteiger partial charge >= 0.3 is 0 Å². The van der Waals surface area contributed by atoms with E-state index < -0.39 is 0 Å². The minimum Gasteiger partial charge on any atom is -0.381 e. The van der Waals surface area contributed by atoms with E-state index in [1.54, 1.807) is 0 Å². The number of rotatable bonds is 4. The van der Waals surface area contributed by atoms with E-state index in [1.807, 2.05) is 7.05 Å². The molecular formula is C9H20N2O. The van der Waals surface area contributed by atoms with Crippen LogP contribution in [0.1, 0.15) is 19.3 Å². The maximum atomic E-state index is 5.90. The fraction of sp³-hybridized carbons (Fsp3) is 1.00. The largest absolute Gasteiger partial charge is 0.381 e. The van der Waals surface area contributed by atoms with Gasteiger partial charge in [-0.2, -0.15) is 0 Å². The molecule has 3 N–H and O–H groups in total. The molecule has 0 aliphatic carbocycles. The van der Waals surface area contributed by atoms with Gasteiger partial charge in [0.05, 0.1) is 0 Å². The monoisotopic (exact) mass is 172 g/mol. The molecule has 12 heavy (non-hydrogen) atoms. The SMILES string of the molecule is CNC[C@@H](N)C[C@H]1CCCOC1. The maximum Gasteiger partial charge on any atom is 0.0494 e. The summed E-state index contributed by atoms with van der Waals surface area (Å²) in [6.07, 6.45) is 3.59. The van der Waals surface area contributed by atoms with Crippen molar-refractivity contribution < 1.29 is 4.74 Å². The molecule has 0 radical (unpaired) electrons. The van der Waals surface area contributed by atoms with E-state index in [-0.39, 0.29) is 0 Å². The highest BCUT2D eigenvalue weighted by Crippen LogP contribution is 2.17. The molecule has 0 saturated carbocycles. The van der Waals surface area contributed by atoms with Crippen LogP contribution in [0.25, 0.3) is 0 Å². The molecule has 1 rings (SSSR count). The highest BCUT2D eigenvalue weighted by molar-refractivity contribution is 4.71. The van der Waals surface area contributed by atoms with Gasteiger partial charge in [0.2, 0.25) is 0 Å². The van der Waals surface area contributed by atoms with Gasteiger partial charge < -0.3 is 15.8 Å². The van der Waals surface area contributed by atoms with Crippen molar-refractivity contribution in [2.24, 2.45) is 11.7 Å². The summed E-state index contributed by atoms with van der Waals surface area (Å²) in [5, 5.41) is 3.09. The van der Waals surface area contributed by atoms with Crippen LogP contribution in [0.4, 0.5) is 0 Å². The summed E-state index contributed by atoms with van der Waals surface area (Å²) < 4.78 is 5.39. The minimum atomic E-state index is 0.293.